The zero-order valence-electron chi connectivity index (χ0n) is 25.1. The molecule has 1 aliphatic heterocycles. The number of hydrogen-bond donors (Lipinski definition) is 4. The minimum absolute atomic E-state index is 0.0396. The van der Waals surface area contributed by atoms with Crippen molar-refractivity contribution in [2.45, 2.75) is 57.9 Å². The van der Waals surface area contributed by atoms with Crippen molar-refractivity contribution in [2.75, 3.05) is 25.5 Å². The number of nitrogens with zero attached hydrogens (tertiary/aromatic N) is 1. The molecule has 0 radical (unpaired) electrons. The number of carboxylic acids is 1. The van der Waals surface area contributed by atoms with Gasteiger partial charge in [-0.3, -0.25) is 19.2 Å². The van der Waals surface area contributed by atoms with Gasteiger partial charge >= 0.3 is 10.8 Å². The molecule has 2 fully saturated rings. The molecule has 5 rings (SSSR count). The molecule has 2 amide bonds. The third-order valence-corrected chi connectivity index (χ3v) is 8.39. The summed E-state index contributed by atoms with van der Waals surface area (Å²) in [6, 6.07) is 12.2. The number of halogens is 1. The first kappa shape index (κ1) is 34.7. The SMILES string of the molecule is CCCCC/C=C\C1CC1C(=O)O.COc1cccc(NCC(=O)N2CCCC2C(N)=O)c1.O=c1[nH]c2ccc(Cl)cc2s1. The van der Waals surface area contributed by atoms with Crippen molar-refractivity contribution in [3.05, 3.63) is 69.3 Å². The maximum absolute atomic E-state index is 12.1. The number of nitrogens with two attached hydrogens (primary N) is 1. The fraction of sp³-hybridized carbons (Fsp3) is 0.438. The molecule has 238 valence electrons. The number of anilines is 1. The molecule has 1 aromatic heterocycles. The minimum atomic E-state index is -0.636. The lowest BCUT2D eigenvalue weighted by Crippen LogP contribution is -2.45. The highest BCUT2D eigenvalue weighted by molar-refractivity contribution is 7.16. The van der Waals surface area contributed by atoms with Crippen LogP contribution in [0.3, 0.4) is 0 Å². The summed E-state index contributed by atoms with van der Waals surface area (Å²) in [7, 11) is 1.59. The average Bonchev–Trinajstić information content (AvgIpc) is 3.43. The first-order valence-corrected chi connectivity index (χ1v) is 16.0. The van der Waals surface area contributed by atoms with Gasteiger partial charge in [0, 0.05) is 23.3 Å². The van der Waals surface area contributed by atoms with Crippen molar-refractivity contribution in [3.8, 4) is 5.75 Å². The topological polar surface area (TPSA) is 155 Å². The number of rotatable bonds is 11. The highest BCUT2D eigenvalue weighted by Gasteiger charge is 2.40. The number of primary amides is 1. The summed E-state index contributed by atoms with van der Waals surface area (Å²) in [5, 5.41) is 12.3. The Balaban J connectivity index is 0.000000191. The molecule has 1 aliphatic carbocycles. The Morgan fingerprint density at radius 1 is 1.23 bits per heavy atom. The molecule has 1 saturated heterocycles. The smallest absolute Gasteiger partial charge is 0.307 e. The molecule has 3 aromatic rings. The van der Waals surface area contributed by atoms with Crippen LogP contribution in [-0.4, -0.2) is 59.0 Å². The van der Waals surface area contributed by atoms with Crippen LogP contribution in [-0.2, 0) is 14.4 Å². The number of thiazole rings is 1. The van der Waals surface area contributed by atoms with Crippen molar-refractivity contribution < 1.29 is 24.2 Å². The predicted molar refractivity (Wildman–Crippen MR) is 175 cm³/mol. The van der Waals surface area contributed by atoms with E-state index in [1.54, 1.807) is 30.2 Å². The Bertz CT molecular complexity index is 1490. The second-order valence-electron chi connectivity index (χ2n) is 10.7. The summed E-state index contributed by atoms with van der Waals surface area (Å²) >= 11 is 6.89. The highest BCUT2D eigenvalue weighted by atomic mass is 35.5. The van der Waals surface area contributed by atoms with Crippen molar-refractivity contribution in [3.63, 3.8) is 0 Å². The average molecular weight is 645 g/mol. The summed E-state index contributed by atoms with van der Waals surface area (Å²) in [5.41, 5.74) is 6.95. The molecule has 3 atom stereocenters. The van der Waals surface area contributed by atoms with E-state index in [-0.39, 0.29) is 23.2 Å². The Morgan fingerprint density at radius 3 is 2.70 bits per heavy atom. The lowest BCUT2D eigenvalue weighted by atomic mass is 10.2. The predicted octanol–water partition coefficient (Wildman–Crippen LogP) is 5.67. The van der Waals surface area contributed by atoms with Crippen molar-refractivity contribution >= 4 is 56.6 Å². The number of amides is 2. The lowest BCUT2D eigenvalue weighted by Gasteiger charge is -2.22. The van der Waals surface area contributed by atoms with E-state index in [0.29, 0.717) is 23.9 Å². The van der Waals surface area contributed by atoms with Gasteiger partial charge in [0.1, 0.15) is 11.8 Å². The number of benzene rings is 2. The number of nitrogens with one attached hydrogen (secondary N) is 2. The van der Waals surface area contributed by atoms with E-state index in [1.807, 2.05) is 24.3 Å². The standard InChI is InChI=1S/C14H19N3O3.C11H18O2.C7H4ClNOS/c1-20-11-5-2-4-10(8-11)16-9-13(18)17-7-3-6-12(17)14(15)19;1-2-3-4-5-6-7-9-8-10(9)11(12)13;8-4-1-2-5-6(3-4)11-7(10)9-5/h2,4-5,8,12,16H,3,6-7,9H2,1H3,(H2,15,19);6-7,9-10H,2-5,8H2,1H3,(H,12,13);1-3H,(H,9,10)/b;7-6-;. The molecule has 2 heterocycles. The molecular formula is C32H41ClN4O6S. The van der Waals surface area contributed by atoms with Gasteiger partial charge in [0.15, 0.2) is 0 Å². The van der Waals surface area contributed by atoms with Crippen LogP contribution in [0.15, 0.2) is 59.4 Å². The number of aliphatic carboxylic acids is 1. The molecule has 2 aromatic carbocycles. The van der Waals surface area contributed by atoms with E-state index in [2.05, 4.69) is 29.4 Å². The number of H-pyrrole nitrogens is 1. The van der Waals surface area contributed by atoms with Gasteiger partial charge < -0.3 is 30.8 Å². The van der Waals surface area contributed by atoms with Crippen LogP contribution in [0.1, 0.15) is 51.9 Å². The summed E-state index contributed by atoms with van der Waals surface area (Å²) in [6.07, 6.45) is 11.4. The summed E-state index contributed by atoms with van der Waals surface area (Å²) in [5.74, 6) is -0.213. The van der Waals surface area contributed by atoms with Crippen LogP contribution in [0.5, 0.6) is 5.75 Å². The first-order chi connectivity index (χ1) is 21.1. The maximum atomic E-state index is 12.1. The summed E-state index contributed by atoms with van der Waals surface area (Å²) in [4.78, 5) is 48.9. The van der Waals surface area contributed by atoms with E-state index in [1.165, 1.54) is 30.6 Å². The highest BCUT2D eigenvalue weighted by Crippen LogP contribution is 2.39. The zero-order chi connectivity index (χ0) is 32.1. The molecule has 1 saturated carbocycles. The van der Waals surface area contributed by atoms with E-state index >= 15 is 0 Å². The summed E-state index contributed by atoms with van der Waals surface area (Å²) in [6.45, 7) is 2.91. The number of carbonyl (C=O) groups is 3. The van der Waals surface area contributed by atoms with E-state index in [9.17, 15) is 19.2 Å². The normalized spacial score (nSPS) is 18.6. The van der Waals surface area contributed by atoms with Gasteiger partial charge in [0.05, 0.1) is 29.8 Å². The number of hydrogen-bond acceptors (Lipinski definition) is 7. The quantitative estimate of drug-likeness (QED) is 0.155. The fourth-order valence-electron chi connectivity index (χ4n) is 4.79. The van der Waals surface area contributed by atoms with E-state index in [4.69, 9.17) is 27.2 Å². The number of allylic oxidation sites excluding steroid dienone is 2. The van der Waals surface area contributed by atoms with E-state index < -0.39 is 17.9 Å². The molecule has 5 N–H and O–H groups in total. The number of carbonyl (C=O) groups excluding carboxylic acids is 2. The Hall–Kier alpha value is -3.83. The number of aromatic amines is 1. The number of aromatic nitrogens is 1. The summed E-state index contributed by atoms with van der Waals surface area (Å²) < 4.78 is 6.02. The third-order valence-electron chi connectivity index (χ3n) is 7.31. The van der Waals surface area contributed by atoms with Crippen LogP contribution in [0.4, 0.5) is 5.69 Å². The van der Waals surface area contributed by atoms with Gasteiger partial charge in [-0.05, 0) is 68.4 Å². The number of methoxy groups -OCH3 is 1. The zero-order valence-corrected chi connectivity index (χ0v) is 26.7. The Morgan fingerprint density at radius 2 is 2.02 bits per heavy atom. The van der Waals surface area contributed by atoms with Crippen molar-refractivity contribution in [1.29, 1.82) is 0 Å². The van der Waals surface area contributed by atoms with E-state index in [0.717, 1.165) is 40.9 Å². The van der Waals surface area contributed by atoms with Crippen LogP contribution < -0.4 is 20.7 Å². The third kappa shape index (κ3) is 11.0. The second kappa shape index (κ2) is 17.5. The maximum Gasteiger partial charge on any atom is 0.307 e. The van der Waals surface area contributed by atoms with Gasteiger partial charge in [-0.1, -0.05) is 60.9 Å². The molecule has 2 aliphatic rings. The molecule has 10 nitrogen and oxygen atoms in total. The lowest BCUT2D eigenvalue weighted by molar-refractivity contribution is -0.138. The molecule has 12 heteroatoms. The number of ether oxygens (including phenoxy) is 1. The van der Waals surface area contributed by atoms with Crippen molar-refractivity contribution in [1.82, 2.24) is 9.88 Å². The first-order valence-electron chi connectivity index (χ1n) is 14.8. The van der Waals surface area contributed by atoms with Gasteiger partial charge in [-0.2, -0.15) is 0 Å². The van der Waals surface area contributed by atoms with Gasteiger partial charge in [0.2, 0.25) is 11.8 Å². The molecular weight excluding hydrogens is 604 g/mol. The van der Waals surface area contributed by atoms with Crippen LogP contribution in [0.25, 0.3) is 10.2 Å². The number of likely N-dealkylation sites (tertiary alicyclic amines) is 1. The van der Waals surface area contributed by atoms with Gasteiger partial charge in [-0.15, -0.1) is 0 Å². The Labute approximate surface area is 266 Å². The number of unbranched alkanes of at least 4 members (excludes halogenated alkanes) is 3. The van der Waals surface area contributed by atoms with Crippen molar-refractivity contribution in [2.24, 2.45) is 17.6 Å². The minimum Gasteiger partial charge on any atom is -0.497 e. The second-order valence-corrected chi connectivity index (χ2v) is 12.1. The molecule has 0 bridgehead atoms. The number of fused-ring (bicyclic) bond motifs is 1. The van der Waals surface area contributed by atoms with Crippen LogP contribution in [0, 0.1) is 11.8 Å². The van der Waals surface area contributed by atoms with Crippen LogP contribution >= 0.6 is 22.9 Å². The van der Waals surface area contributed by atoms with Crippen LogP contribution in [0.2, 0.25) is 5.02 Å². The fourth-order valence-corrected chi connectivity index (χ4v) is 5.80. The molecule has 0 spiro atoms. The van der Waals surface area contributed by atoms with Gasteiger partial charge in [-0.25, -0.2) is 0 Å². The largest absolute Gasteiger partial charge is 0.497 e. The number of carboxylic acid groups (broad SMARTS) is 1. The Kier molecular flexibility index (Phi) is 13.8. The molecule has 44 heavy (non-hydrogen) atoms. The monoisotopic (exact) mass is 644 g/mol. The molecule has 3 unspecified atom stereocenters. The van der Waals surface area contributed by atoms with Gasteiger partial charge in [0.25, 0.3) is 0 Å².